The quantitative estimate of drug-likeness (QED) is 0.761. The first-order chi connectivity index (χ1) is 10.8. The lowest BCUT2D eigenvalue weighted by Gasteiger charge is -2.11. The Labute approximate surface area is 127 Å². The van der Waals surface area contributed by atoms with Gasteiger partial charge in [-0.05, 0) is 49.2 Å². The van der Waals surface area contributed by atoms with Crippen molar-refractivity contribution in [3.05, 3.63) is 54.3 Å². The fourth-order valence-corrected chi connectivity index (χ4v) is 2.33. The monoisotopic (exact) mass is 294 g/mol. The Bertz CT molecular complexity index is 813. The molecule has 4 rings (SSSR count). The van der Waals surface area contributed by atoms with Gasteiger partial charge in [-0.25, -0.2) is 9.37 Å². The van der Waals surface area contributed by atoms with Crippen LogP contribution in [-0.4, -0.2) is 16.0 Å². The van der Waals surface area contributed by atoms with Crippen LogP contribution in [0, 0.1) is 5.82 Å². The molecular formula is C17H15FN4. The van der Waals surface area contributed by atoms with Gasteiger partial charge in [0.05, 0.1) is 5.52 Å². The number of aromatic nitrogens is 2. The van der Waals surface area contributed by atoms with E-state index in [0.29, 0.717) is 12.0 Å². The molecule has 0 bridgehead atoms. The van der Waals surface area contributed by atoms with Crippen LogP contribution in [0.2, 0.25) is 0 Å². The highest BCUT2D eigenvalue weighted by Crippen LogP contribution is 2.29. The van der Waals surface area contributed by atoms with E-state index in [4.69, 9.17) is 0 Å². The molecule has 3 aromatic rings. The summed E-state index contributed by atoms with van der Waals surface area (Å²) in [5, 5.41) is 7.58. The number of hydrogen-bond donors (Lipinski definition) is 2. The number of halogens is 1. The number of hydrogen-bond acceptors (Lipinski definition) is 4. The second-order valence-corrected chi connectivity index (χ2v) is 5.46. The second kappa shape index (κ2) is 5.26. The van der Waals surface area contributed by atoms with E-state index in [1.165, 1.54) is 25.0 Å². The maximum atomic E-state index is 13.0. The predicted molar refractivity (Wildman–Crippen MR) is 85.9 cm³/mol. The Morgan fingerprint density at radius 3 is 2.50 bits per heavy atom. The fourth-order valence-electron chi connectivity index (χ4n) is 2.33. The van der Waals surface area contributed by atoms with Crippen LogP contribution < -0.4 is 10.6 Å². The number of benzene rings is 2. The Balaban J connectivity index is 1.71. The van der Waals surface area contributed by atoms with Crippen molar-refractivity contribution in [2.75, 3.05) is 10.6 Å². The lowest BCUT2D eigenvalue weighted by atomic mass is 10.2. The van der Waals surface area contributed by atoms with Gasteiger partial charge < -0.3 is 10.6 Å². The standard InChI is InChI=1S/C17H15FN4/c18-11-5-7-13(8-6-11)20-17-21-15-4-2-1-3-14(15)16(22-17)19-12-9-10-12/h1-8,12H,9-10H2,(H2,19,20,21,22). The smallest absolute Gasteiger partial charge is 0.229 e. The minimum atomic E-state index is -0.263. The molecule has 2 N–H and O–H groups in total. The van der Waals surface area contributed by atoms with E-state index in [1.54, 1.807) is 12.1 Å². The number of nitrogens with one attached hydrogen (secondary N) is 2. The molecule has 0 atom stereocenters. The van der Waals surface area contributed by atoms with Crippen LogP contribution in [0.25, 0.3) is 10.9 Å². The predicted octanol–water partition coefficient (Wildman–Crippen LogP) is 4.09. The average molecular weight is 294 g/mol. The van der Waals surface area contributed by atoms with Gasteiger partial charge in [-0.1, -0.05) is 12.1 Å². The van der Waals surface area contributed by atoms with Crippen LogP contribution in [0.5, 0.6) is 0 Å². The molecule has 1 fully saturated rings. The van der Waals surface area contributed by atoms with Crippen molar-refractivity contribution in [3.8, 4) is 0 Å². The van der Waals surface area contributed by atoms with E-state index in [9.17, 15) is 4.39 Å². The number of para-hydroxylation sites is 1. The van der Waals surface area contributed by atoms with E-state index in [1.807, 2.05) is 24.3 Å². The molecule has 0 spiro atoms. The van der Waals surface area contributed by atoms with Gasteiger partial charge in [-0.2, -0.15) is 4.98 Å². The van der Waals surface area contributed by atoms with Crippen molar-refractivity contribution in [2.45, 2.75) is 18.9 Å². The van der Waals surface area contributed by atoms with E-state index in [2.05, 4.69) is 20.6 Å². The molecular weight excluding hydrogens is 279 g/mol. The summed E-state index contributed by atoms with van der Waals surface area (Å²) in [7, 11) is 0. The molecule has 0 radical (unpaired) electrons. The van der Waals surface area contributed by atoms with E-state index in [-0.39, 0.29) is 5.82 Å². The third-order valence-corrected chi connectivity index (χ3v) is 3.62. The number of anilines is 3. The van der Waals surface area contributed by atoms with Crippen molar-refractivity contribution >= 4 is 28.4 Å². The summed E-state index contributed by atoms with van der Waals surface area (Å²) < 4.78 is 13.0. The molecule has 1 aromatic heterocycles. The van der Waals surface area contributed by atoms with Gasteiger partial charge in [-0.15, -0.1) is 0 Å². The van der Waals surface area contributed by atoms with Crippen LogP contribution in [0.1, 0.15) is 12.8 Å². The molecule has 0 amide bonds. The highest BCUT2D eigenvalue weighted by atomic mass is 19.1. The van der Waals surface area contributed by atoms with Crippen molar-refractivity contribution in [3.63, 3.8) is 0 Å². The molecule has 0 aliphatic heterocycles. The highest BCUT2D eigenvalue weighted by Gasteiger charge is 2.22. The molecule has 0 saturated heterocycles. The zero-order valence-electron chi connectivity index (χ0n) is 11.9. The van der Waals surface area contributed by atoms with Gasteiger partial charge in [0.2, 0.25) is 5.95 Å². The summed E-state index contributed by atoms with van der Waals surface area (Å²) in [6, 6.07) is 14.6. The minimum absolute atomic E-state index is 0.263. The summed E-state index contributed by atoms with van der Waals surface area (Å²) >= 11 is 0. The highest BCUT2D eigenvalue weighted by molar-refractivity contribution is 5.90. The molecule has 1 aliphatic carbocycles. The molecule has 1 saturated carbocycles. The molecule has 0 unspecified atom stereocenters. The average Bonchev–Trinajstić information content (AvgIpc) is 3.34. The van der Waals surface area contributed by atoms with Crippen molar-refractivity contribution < 1.29 is 4.39 Å². The van der Waals surface area contributed by atoms with E-state index >= 15 is 0 Å². The fraction of sp³-hybridized carbons (Fsp3) is 0.176. The first-order valence-electron chi connectivity index (χ1n) is 7.34. The zero-order chi connectivity index (χ0) is 14.9. The summed E-state index contributed by atoms with van der Waals surface area (Å²) in [5.74, 6) is 1.09. The maximum Gasteiger partial charge on any atom is 0.229 e. The van der Waals surface area contributed by atoms with Gasteiger partial charge in [0.25, 0.3) is 0 Å². The molecule has 1 heterocycles. The van der Waals surface area contributed by atoms with Crippen LogP contribution in [0.3, 0.4) is 0 Å². The van der Waals surface area contributed by atoms with E-state index in [0.717, 1.165) is 22.4 Å². The van der Waals surface area contributed by atoms with Gasteiger partial charge in [0, 0.05) is 17.1 Å². The minimum Gasteiger partial charge on any atom is -0.367 e. The lowest BCUT2D eigenvalue weighted by molar-refractivity contribution is 0.628. The summed E-state index contributed by atoms with van der Waals surface area (Å²) in [6.07, 6.45) is 2.36. The summed E-state index contributed by atoms with van der Waals surface area (Å²) in [5.41, 5.74) is 1.64. The molecule has 110 valence electrons. The largest absolute Gasteiger partial charge is 0.367 e. The summed E-state index contributed by atoms with van der Waals surface area (Å²) in [4.78, 5) is 9.10. The topological polar surface area (TPSA) is 49.8 Å². The first kappa shape index (κ1) is 13.0. The van der Waals surface area contributed by atoms with Gasteiger partial charge in [0.1, 0.15) is 11.6 Å². The van der Waals surface area contributed by atoms with E-state index < -0.39 is 0 Å². The molecule has 4 nitrogen and oxygen atoms in total. The van der Waals surface area contributed by atoms with Gasteiger partial charge in [-0.3, -0.25) is 0 Å². The number of rotatable bonds is 4. The lowest BCUT2D eigenvalue weighted by Crippen LogP contribution is -2.07. The number of nitrogens with zero attached hydrogens (tertiary/aromatic N) is 2. The molecule has 2 aromatic carbocycles. The zero-order valence-corrected chi connectivity index (χ0v) is 11.9. The van der Waals surface area contributed by atoms with Gasteiger partial charge >= 0.3 is 0 Å². The third kappa shape index (κ3) is 2.70. The maximum absolute atomic E-state index is 13.0. The SMILES string of the molecule is Fc1ccc(Nc2nc(NC3CC3)c3ccccc3n2)cc1. The van der Waals surface area contributed by atoms with Crippen molar-refractivity contribution in [1.29, 1.82) is 0 Å². The Morgan fingerprint density at radius 1 is 0.955 bits per heavy atom. The normalized spacial score (nSPS) is 14.0. The van der Waals surface area contributed by atoms with Crippen LogP contribution in [0.15, 0.2) is 48.5 Å². The van der Waals surface area contributed by atoms with Crippen LogP contribution in [0.4, 0.5) is 21.8 Å². The van der Waals surface area contributed by atoms with Crippen molar-refractivity contribution in [2.24, 2.45) is 0 Å². The first-order valence-corrected chi connectivity index (χ1v) is 7.34. The summed E-state index contributed by atoms with van der Waals surface area (Å²) in [6.45, 7) is 0. The molecule has 1 aliphatic rings. The third-order valence-electron chi connectivity index (χ3n) is 3.62. The van der Waals surface area contributed by atoms with Crippen LogP contribution >= 0.6 is 0 Å². The molecule has 22 heavy (non-hydrogen) atoms. The number of fused-ring (bicyclic) bond motifs is 1. The van der Waals surface area contributed by atoms with Gasteiger partial charge in [0.15, 0.2) is 0 Å². The Morgan fingerprint density at radius 2 is 1.73 bits per heavy atom. The second-order valence-electron chi connectivity index (χ2n) is 5.46. The van der Waals surface area contributed by atoms with Crippen LogP contribution in [-0.2, 0) is 0 Å². The van der Waals surface area contributed by atoms with Crippen molar-refractivity contribution in [1.82, 2.24) is 9.97 Å². The molecule has 5 heteroatoms. The Kier molecular flexibility index (Phi) is 3.11. The Hall–Kier alpha value is -2.69.